The van der Waals surface area contributed by atoms with Crippen molar-refractivity contribution in [3.05, 3.63) is 59.9 Å². The van der Waals surface area contributed by atoms with Gasteiger partial charge < -0.3 is 10.2 Å². The van der Waals surface area contributed by atoms with E-state index >= 15 is 0 Å². The molecule has 1 atom stereocenters. The molecule has 0 saturated carbocycles. The molecular weight excluding hydrogens is 348 g/mol. The van der Waals surface area contributed by atoms with Gasteiger partial charge >= 0.3 is 11.8 Å². The summed E-state index contributed by atoms with van der Waals surface area (Å²) in [6, 6.07) is 10.8. The van der Waals surface area contributed by atoms with Crippen LogP contribution in [-0.4, -0.2) is 39.4 Å². The SMILES string of the molecule is O=C(Nc1cncc(C(=O)NO)c1)C(=O)N1CCCCC1c1ccccc1. The summed E-state index contributed by atoms with van der Waals surface area (Å²) in [4.78, 5) is 42.1. The third-order valence-electron chi connectivity index (χ3n) is 4.50. The molecule has 1 saturated heterocycles. The lowest BCUT2D eigenvalue weighted by molar-refractivity contribution is -0.145. The number of hydroxylamine groups is 1. The first kappa shape index (κ1) is 18.5. The van der Waals surface area contributed by atoms with Gasteiger partial charge in [-0.1, -0.05) is 30.3 Å². The Kier molecular flexibility index (Phi) is 5.77. The zero-order valence-corrected chi connectivity index (χ0v) is 14.6. The van der Waals surface area contributed by atoms with E-state index in [2.05, 4.69) is 10.3 Å². The second kappa shape index (κ2) is 8.41. The van der Waals surface area contributed by atoms with Gasteiger partial charge in [0.1, 0.15) is 0 Å². The summed E-state index contributed by atoms with van der Waals surface area (Å²) >= 11 is 0. The van der Waals surface area contributed by atoms with Crippen LogP contribution < -0.4 is 10.8 Å². The molecule has 3 rings (SSSR count). The summed E-state index contributed by atoms with van der Waals surface area (Å²) in [5, 5.41) is 11.2. The van der Waals surface area contributed by atoms with Crippen molar-refractivity contribution in [2.75, 3.05) is 11.9 Å². The highest BCUT2D eigenvalue weighted by Gasteiger charge is 2.31. The zero-order chi connectivity index (χ0) is 19.2. The molecule has 1 aliphatic heterocycles. The van der Waals surface area contributed by atoms with Crippen LogP contribution >= 0.6 is 0 Å². The van der Waals surface area contributed by atoms with E-state index in [0.717, 1.165) is 24.8 Å². The van der Waals surface area contributed by atoms with Crippen molar-refractivity contribution in [2.24, 2.45) is 0 Å². The Hall–Kier alpha value is -3.26. The van der Waals surface area contributed by atoms with E-state index in [0.29, 0.717) is 6.54 Å². The van der Waals surface area contributed by atoms with E-state index in [1.54, 1.807) is 4.90 Å². The first-order valence-electron chi connectivity index (χ1n) is 8.66. The van der Waals surface area contributed by atoms with Crippen LogP contribution in [0.3, 0.4) is 0 Å². The number of carbonyl (C=O) groups is 3. The fourth-order valence-electron chi connectivity index (χ4n) is 3.21. The normalized spacial score (nSPS) is 16.5. The second-order valence-corrected chi connectivity index (χ2v) is 6.28. The van der Waals surface area contributed by atoms with E-state index in [1.165, 1.54) is 23.9 Å². The number of rotatable bonds is 3. The highest BCUT2D eigenvalue weighted by Crippen LogP contribution is 2.30. The van der Waals surface area contributed by atoms with Crippen LogP contribution in [0, 0.1) is 0 Å². The Morgan fingerprint density at radius 3 is 2.63 bits per heavy atom. The quantitative estimate of drug-likeness (QED) is 0.435. The van der Waals surface area contributed by atoms with Gasteiger partial charge in [-0.25, -0.2) is 5.48 Å². The van der Waals surface area contributed by atoms with Gasteiger partial charge in [0.05, 0.1) is 23.5 Å². The molecule has 0 radical (unpaired) electrons. The Morgan fingerprint density at radius 2 is 1.89 bits per heavy atom. The summed E-state index contributed by atoms with van der Waals surface area (Å²) in [6.07, 6.45) is 5.20. The molecule has 0 spiro atoms. The fraction of sp³-hybridized carbons (Fsp3) is 0.263. The van der Waals surface area contributed by atoms with Gasteiger partial charge in [0.15, 0.2) is 0 Å². The lowest BCUT2D eigenvalue weighted by Crippen LogP contribution is -2.44. The lowest BCUT2D eigenvalue weighted by atomic mass is 9.95. The number of nitrogens with one attached hydrogen (secondary N) is 2. The number of piperidine rings is 1. The summed E-state index contributed by atoms with van der Waals surface area (Å²) in [5.74, 6) is -2.17. The summed E-state index contributed by atoms with van der Waals surface area (Å²) in [7, 11) is 0. The van der Waals surface area contributed by atoms with Gasteiger partial charge in [-0.15, -0.1) is 0 Å². The molecule has 2 aromatic rings. The molecule has 3 N–H and O–H groups in total. The number of hydrogen-bond donors (Lipinski definition) is 3. The summed E-state index contributed by atoms with van der Waals surface area (Å²) in [6.45, 7) is 0.511. The first-order chi connectivity index (χ1) is 13.1. The Balaban J connectivity index is 1.74. The molecule has 8 heteroatoms. The smallest absolute Gasteiger partial charge is 0.313 e. The van der Waals surface area contributed by atoms with Crippen molar-refractivity contribution in [1.29, 1.82) is 0 Å². The minimum absolute atomic E-state index is 0.0582. The van der Waals surface area contributed by atoms with Gasteiger partial charge in [0.2, 0.25) is 0 Å². The van der Waals surface area contributed by atoms with E-state index in [1.807, 2.05) is 30.3 Å². The van der Waals surface area contributed by atoms with Crippen molar-refractivity contribution in [1.82, 2.24) is 15.4 Å². The molecule has 27 heavy (non-hydrogen) atoms. The predicted molar refractivity (Wildman–Crippen MR) is 96.9 cm³/mol. The minimum Gasteiger partial charge on any atom is -0.327 e. The van der Waals surface area contributed by atoms with Crippen molar-refractivity contribution in [3.8, 4) is 0 Å². The summed E-state index contributed by atoms with van der Waals surface area (Å²) < 4.78 is 0. The topological polar surface area (TPSA) is 112 Å². The molecule has 1 unspecified atom stereocenters. The van der Waals surface area contributed by atoms with Crippen LogP contribution in [-0.2, 0) is 9.59 Å². The molecule has 8 nitrogen and oxygen atoms in total. The van der Waals surface area contributed by atoms with Crippen LogP contribution in [0.15, 0.2) is 48.8 Å². The maximum absolute atomic E-state index is 12.7. The van der Waals surface area contributed by atoms with Crippen molar-refractivity contribution < 1.29 is 19.6 Å². The van der Waals surface area contributed by atoms with Gasteiger partial charge in [0, 0.05) is 12.7 Å². The lowest BCUT2D eigenvalue weighted by Gasteiger charge is -2.35. The van der Waals surface area contributed by atoms with Gasteiger partial charge in [-0.05, 0) is 30.9 Å². The van der Waals surface area contributed by atoms with Crippen LogP contribution in [0.4, 0.5) is 5.69 Å². The Morgan fingerprint density at radius 1 is 1.11 bits per heavy atom. The fourth-order valence-corrected chi connectivity index (χ4v) is 3.21. The van der Waals surface area contributed by atoms with Crippen LogP contribution in [0.5, 0.6) is 0 Å². The second-order valence-electron chi connectivity index (χ2n) is 6.28. The molecule has 3 amide bonds. The average Bonchev–Trinajstić information content (AvgIpc) is 2.73. The van der Waals surface area contributed by atoms with E-state index < -0.39 is 17.7 Å². The highest BCUT2D eigenvalue weighted by molar-refractivity contribution is 6.39. The molecule has 140 valence electrons. The third kappa shape index (κ3) is 4.29. The molecule has 1 fully saturated rings. The number of pyridine rings is 1. The third-order valence-corrected chi connectivity index (χ3v) is 4.50. The molecule has 1 aromatic carbocycles. The van der Waals surface area contributed by atoms with E-state index in [9.17, 15) is 14.4 Å². The number of likely N-dealkylation sites (tertiary alicyclic amines) is 1. The standard InChI is InChI=1S/C19H20N4O4/c24-17(22-27)14-10-15(12-20-11-14)21-18(25)19(26)23-9-5-4-8-16(23)13-6-2-1-3-7-13/h1-3,6-7,10-12,16,27H,4-5,8-9H2,(H,21,25)(H,22,24). The Labute approximate surface area is 156 Å². The summed E-state index contributed by atoms with van der Waals surface area (Å²) in [5.41, 5.74) is 2.75. The number of aromatic nitrogens is 1. The zero-order valence-electron chi connectivity index (χ0n) is 14.6. The number of amides is 3. The minimum atomic E-state index is -0.791. The van der Waals surface area contributed by atoms with Crippen LogP contribution in [0.25, 0.3) is 0 Å². The first-order valence-corrected chi connectivity index (χ1v) is 8.66. The number of nitrogens with zero attached hydrogens (tertiary/aromatic N) is 2. The largest absolute Gasteiger partial charge is 0.327 e. The molecule has 1 aliphatic rings. The van der Waals surface area contributed by atoms with Crippen molar-refractivity contribution in [3.63, 3.8) is 0 Å². The van der Waals surface area contributed by atoms with E-state index in [4.69, 9.17) is 5.21 Å². The van der Waals surface area contributed by atoms with Gasteiger partial charge in [0.25, 0.3) is 5.91 Å². The van der Waals surface area contributed by atoms with Crippen molar-refractivity contribution in [2.45, 2.75) is 25.3 Å². The molecule has 1 aromatic heterocycles. The van der Waals surface area contributed by atoms with E-state index in [-0.39, 0.29) is 17.3 Å². The molecule has 0 aliphatic carbocycles. The molecular formula is C19H20N4O4. The van der Waals surface area contributed by atoms with Gasteiger partial charge in [-0.3, -0.25) is 24.6 Å². The maximum atomic E-state index is 12.7. The average molecular weight is 368 g/mol. The van der Waals surface area contributed by atoms with Crippen molar-refractivity contribution >= 4 is 23.4 Å². The number of hydrogen-bond acceptors (Lipinski definition) is 5. The van der Waals surface area contributed by atoms with Crippen LogP contribution in [0.1, 0.15) is 41.2 Å². The predicted octanol–water partition coefficient (Wildman–Crippen LogP) is 1.89. The Bertz CT molecular complexity index is 841. The van der Waals surface area contributed by atoms with Crippen LogP contribution in [0.2, 0.25) is 0 Å². The highest BCUT2D eigenvalue weighted by atomic mass is 16.5. The maximum Gasteiger partial charge on any atom is 0.313 e. The number of carbonyl (C=O) groups excluding carboxylic acids is 3. The molecule has 0 bridgehead atoms. The van der Waals surface area contributed by atoms with Gasteiger partial charge in [-0.2, -0.15) is 0 Å². The number of benzene rings is 1. The number of anilines is 1. The molecule has 2 heterocycles. The monoisotopic (exact) mass is 368 g/mol.